The second-order valence-corrected chi connectivity index (χ2v) is 3.94. The van der Waals surface area contributed by atoms with Crippen LogP contribution in [0.3, 0.4) is 0 Å². The predicted molar refractivity (Wildman–Crippen MR) is 55.9 cm³/mol. The largest absolute Gasteiger partial charge is 0.389 e. The van der Waals surface area contributed by atoms with Crippen LogP contribution in [0.15, 0.2) is 18.5 Å². The molecule has 0 saturated carbocycles. The number of aliphatic hydroxyl groups is 1. The summed E-state index contributed by atoms with van der Waals surface area (Å²) < 4.78 is 1.76. The Labute approximate surface area is 87.0 Å². The van der Waals surface area contributed by atoms with Gasteiger partial charge >= 0.3 is 0 Å². The maximum absolute atomic E-state index is 9.26. The van der Waals surface area contributed by atoms with Crippen LogP contribution in [0, 0.1) is 6.92 Å². The van der Waals surface area contributed by atoms with Gasteiger partial charge in [-0.1, -0.05) is 0 Å². The standard InChI is InChI=1S/C10H12N4O/c1-7-4-14-9(2-3-11-14)12-10(7)13-5-8(15)6-13/h2-4,8,15H,5-6H2,1H3. The van der Waals surface area contributed by atoms with Gasteiger partial charge in [-0.3, -0.25) is 0 Å². The maximum atomic E-state index is 9.26. The first-order valence-corrected chi connectivity index (χ1v) is 4.98. The van der Waals surface area contributed by atoms with Gasteiger partial charge in [0.05, 0.1) is 12.3 Å². The summed E-state index contributed by atoms with van der Waals surface area (Å²) in [6, 6.07) is 1.87. The quantitative estimate of drug-likeness (QED) is 0.722. The number of aryl methyl sites for hydroxylation is 1. The third-order valence-corrected chi connectivity index (χ3v) is 2.70. The Balaban J connectivity index is 2.06. The lowest BCUT2D eigenvalue weighted by atomic mass is 10.1. The van der Waals surface area contributed by atoms with E-state index in [4.69, 9.17) is 0 Å². The second-order valence-electron chi connectivity index (χ2n) is 3.94. The van der Waals surface area contributed by atoms with Crippen LogP contribution in [-0.2, 0) is 0 Å². The molecule has 0 bridgehead atoms. The summed E-state index contributed by atoms with van der Waals surface area (Å²) in [4.78, 5) is 6.58. The molecular weight excluding hydrogens is 192 g/mol. The summed E-state index contributed by atoms with van der Waals surface area (Å²) in [5.74, 6) is 0.952. The van der Waals surface area contributed by atoms with Gasteiger partial charge in [0.1, 0.15) is 5.82 Å². The Morgan fingerprint density at radius 2 is 2.27 bits per heavy atom. The van der Waals surface area contributed by atoms with E-state index in [1.807, 2.05) is 19.2 Å². The van der Waals surface area contributed by atoms with Crippen molar-refractivity contribution >= 4 is 11.5 Å². The van der Waals surface area contributed by atoms with E-state index in [0.29, 0.717) is 13.1 Å². The molecule has 0 unspecified atom stereocenters. The first-order valence-electron chi connectivity index (χ1n) is 4.98. The van der Waals surface area contributed by atoms with E-state index >= 15 is 0 Å². The molecule has 0 radical (unpaired) electrons. The summed E-state index contributed by atoms with van der Waals surface area (Å²) in [6.45, 7) is 3.37. The highest BCUT2D eigenvalue weighted by atomic mass is 16.3. The normalized spacial score (nSPS) is 17.1. The summed E-state index contributed by atoms with van der Waals surface area (Å²) in [6.07, 6.45) is 3.49. The van der Waals surface area contributed by atoms with Crippen LogP contribution < -0.4 is 4.90 Å². The minimum absolute atomic E-state index is 0.202. The van der Waals surface area contributed by atoms with Crippen molar-refractivity contribution in [3.63, 3.8) is 0 Å². The van der Waals surface area contributed by atoms with Gasteiger partial charge in [0.15, 0.2) is 5.65 Å². The van der Waals surface area contributed by atoms with Crippen molar-refractivity contribution in [3.05, 3.63) is 24.0 Å². The van der Waals surface area contributed by atoms with E-state index in [1.165, 1.54) is 0 Å². The van der Waals surface area contributed by atoms with Gasteiger partial charge in [-0.25, -0.2) is 9.50 Å². The summed E-state index contributed by atoms with van der Waals surface area (Å²) in [7, 11) is 0. The van der Waals surface area contributed by atoms with Gasteiger partial charge in [0.2, 0.25) is 0 Å². The van der Waals surface area contributed by atoms with Crippen LogP contribution in [0.1, 0.15) is 5.56 Å². The molecule has 2 aromatic rings. The number of nitrogens with zero attached hydrogens (tertiary/aromatic N) is 4. The monoisotopic (exact) mass is 204 g/mol. The number of anilines is 1. The predicted octanol–water partition coefficient (Wildman–Crippen LogP) is 0.219. The molecule has 0 aromatic carbocycles. The molecule has 1 aliphatic heterocycles. The molecule has 0 spiro atoms. The molecule has 0 aliphatic carbocycles. The lowest BCUT2D eigenvalue weighted by molar-refractivity contribution is 0.141. The zero-order chi connectivity index (χ0) is 10.4. The molecule has 78 valence electrons. The molecule has 0 amide bonds. The van der Waals surface area contributed by atoms with Crippen LogP contribution >= 0.6 is 0 Å². The smallest absolute Gasteiger partial charge is 0.157 e. The van der Waals surface area contributed by atoms with Crippen molar-refractivity contribution in [3.8, 4) is 0 Å². The van der Waals surface area contributed by atoms with Crippen molar-refractivity contribution in [2.45, 2.75) is 13.0 Å². The number of aliphatic hydroxyl groups excluding tert-OH is 1. The van der Waals surface area contributed by atoms with Gasteiger partial charge in [0.25, 0.3) is 0 Å². The molecule has 5 nitrogen and oxygen atoms in total. The van der Waals surface area contributed by atoms with Crippen LogP contribution in [-0.4, -0.2) is 38.9 Å². The first kappa shape index (κ1) is 8.67. The van der Waals surface area contributed by atoms with E-state index < -0.39 is 0 Å². The number of hydrogen-bond donors (Lipinski definition) is 1. The molecule has 1 aliphatic rings. The maximum Gasteiger partial charge on any atom is 0.157 e. The highest BCUT2D eigenvalue weighted by Crippen LogP contribution is 2.22. The Bertz CT molecular complexity index is 501. The number of fused-ring (bicyclic) bond motifs is 1. The second kappa shape index (κ2) is 2.93. The Hall–Kier alpha value is -1.62. The highest BCUT2D eigenvalue weighted by Gasteiger charge is 2.26. The van der Waals surface area contributed by atoms with Crippen molar-refractivity contribution in [2.24, 2.45) is 0 Å². The van der Waals surface area contributed by atoms with E-state index in [9.17, 15) is 5.11 Å². The van der Waals surface area contributed by atoms with Crippen LogP contribution in [0.25, 0.3) is 5.65 Å². The lowest BCUT2D eigenvalue weighted by Crippen LogP contribution is -2.51. The third kappa shape index (κ3) is 1.27. The summed E-state index contributed by atoms with van der Waals surface area (Å²) in [5, 5.41) is 13.4. The van der Waals surface area contributed by atoms with Crippen molar-refractivity contribution < 1.29 is 5.11 Å². The molecule has 1 saturated heterocycles. The van der Waals surface area contributed by atoms with Crippen molar-refractivity contribution in [1.82, 2.24) is 14.6 Å². The van der Waals surface area contributed by atoms with E-state index in [0.717, 1.165) is 17.0 Å². The fourth-order valence-corrected chi connectivity index (χ4v) is 1.88. The van der Waals surface area contributed by atoms with Gasteiger partial charge < -0.3 is 10.0 Å². The Morgan fingerprint density at radius 3 is 3.00 bits per heavy atom. The van der Waals surface area contributed by atoms with Gasteiger partial charge in [-0.2, -0.15) is 5.10 Å². The number of hydrogen-bond acceptors (Lipinski definition) is 4. The summed E-state index contributed by atoms with van der Waals surface area (Å²) in [5.41, 5.74) is 1.93. The zero-order valence-electron chi connectivity index (χ0n) is 8.46. The topological polar surface area (TPSA) is 53.7 Å². The fraction of sp³-hybridized carbons (Fsp3) is 0.400. The zero-order valence-corrected chi connectivity index (χ0v) is 8.46. The number of rotatable bonds is 1. The van der Waals surface area contributed by atoms with Crippen LogP contribution in [0.4, 0.5) is 5.82 Å². The van der Waals surface area contributed by atoms with Crippen molar-refractivity contribution in [1.29, 1.82) is 0 Å². The van der Waals surface area contributed by atoms with Gasteiger partial charge in [0, 0.05) is 30.9 Å². The summed E-state index contributed by atoms with van der Waals surface area (Å²) >= 11 is 0. The molecule has 3 rings (SSSR count). The third-order valence-electron chi connectivity index (χ3n) is 2.70. The Kier molecular flexibility index (Phi) is 1.70. The molecule has 3 heterocycles. The molecule has 1 fully saturated rings. The average molecular weight is 204 g/mol. The van der Waals surface area contributed by atoms with E-state index in [1.54, 1.807) is 10.7 Å². The minimum atomic E-state index is -0.202. The molecule has 5 heteroatoms. The Morgan fingerprint density at radius 1 is 1.47 bits per heavy atom. The first-order chi connectivity index (χ1) is 7.24. The van der Waals surface area contributed by atoms with Gasteiger partial charge in [-0.15, -0.1) is 0 Å². The lowest BCUT2D eigenvalue weighted by Gasteiger charge is -2.37. The molecule has 1 N–H and O–H groups in total. The van der Waals surface area contributed by atoms with Gasteiger partial charge in [-0.05, 0) is 6.92 Å². The minimum Gasteiger partial charge on any atom is -0.389 e. The van der Waals surface area contributed by atoms with Crippen LogP contribution in [0.2, 0.25) is 0 Å². The molecule has 2 aromatic heterocycles. The highest BCUT2D eigenvalue weighted by molar-refractivity contribution is 5.54. The number of β-amino-alcohol motifs (C(OH)–C–C–N with tert-alkyl or cyclic N) is 1. The molecular formula is C10H12N4O. The molecule has 15 heavy (non-hydrogen) atoms. The van der Waals surface area contributed by atoms with Crippen LogP contribution in [0.5, 0.6) is 0 Å². The van der Waals surface area contributed by atoms with E-state index in [-0.39, 0.29) is 6.10 Å². The SMILES string of the molecule is Cc1cn2nccc2nc1N1CC(O)C1. The molecule has 0 atom stereocenters. The number of aromatic nitrogens is 3. The fourth-order valence-electron chi connectivity index (χ4n) is 1.88. The average Bonchev–Trinajstić information content (AvgIpc) is 2.59. The van der Waals surface area contributed by atoms with Crippen molar-refractivity contribution in [2.75, 3.05) is 18.0 Å². The van der Waals surface area contributed by atoms with E-state index in [2.05, 4.69) is 15.0 Å².